The van der Waals surface area contributed by atoms with Crippen molar-refractivity contribution in [2.45, 2.75) is 6.42 Å². The Hall–Kier alpha value is -1.67. The average Bonchev–Trinajstić information content (AvgIpc) is 2.31. The highest BCUT2D eigenvalue weighted by Crippen LogP contribution is 2.38. The van der Waals surface area contributed by atoms with E-state index in [9.17, 15) is 4.79 Å². The van der Waals surface area contributed by atoms with Crippen LogP contribution in [0.5, 0.6) is 0 Å². The molecule has 2 aromatic carbocycles. The molecule has 0 saturated carbocycles. The topological polar surface area (TPSA) is 29.4 Å². The maximum absolute atomic E-state index is 11.7. The Bertz CT molecular complexity index is 631. The van der Waals surface area contributed by atoms with Crippen molar-refractivity contribution >= 4 is 40.1 Å². The van der Waals surface area contributed by atoms with E-state index in [0.717, 1.165) is 10.8 Å². The van der Waals surface area contributed by atoms with Gasteiger partial charge in [0.15, 0.2) is 5.78 Å². The number of carbonyl (C=O) groups excluding carboxylic acids is 1. The molecule has 3 rings (SSSR count). The van der Waals surface area contributed by atoms with Crippen LogP contribution in [0.3, 0.4) is 0 Å². The summed E-state index contributed by atoms with van der Waals surface area (Å²) in [5, 5.41) is 2.49. The van der Waals surface area contributed by atoms with Crippen LogP contribution in [0.15, 0.2) is 35.3 Å². The number of fused-ring (bicyclic) bond motifs is 2. The van der Waals surface area contributed by atoms with Crippen LogP contribution < -0.4 is 0 Å². The monoisotopic (exact) mass is 229 g/mol. The molecular weight excluding hydrogens is 222 g/mol. The van der Waals surface area contributed by atoms with Crippen LogP contribution in [0.2, 0.25) is 5.02 Å². The quantitative estimate of drug-likeness (QED) is 0.676. The Morgan fingerprint density at radius 2 is 2.06 bits per heavy atom. The number of aliphatic imine (C=N–C) groups is 1. The summed E-state index contributed by atoms with van der Waals surface area (Å²) in [4.78, 5) is 15.9. The van der Waals surface area contributed by atoms with Crippen LogP contribution >= 0.6 is 11.6 Å². The first kappa shape index (κ1) is 9.55. The molecule has 1 heterocycles. The number of ketones is 1. The van der Waals surface area contributed by atoms with Gasteiger partial charge in [-0.2, -0.15) is 0 Å². The third-order valence-corrected chi connectivity index (χ3v) is 3.14. The van der Waals surface area contributed by atoms with Crippen molar-refractivity contribution < 1.29 is 4.79 Å². The van der Waals surface area contributed by atoms with Crippen molar-refractivity contribution in [3.05, 3.63) is 40.9 Å². The number of benzene rings is 2. The Morgan fingerprint density at radius 1 is 1.25 bits per heavy atom. The number of rotatable bonds is 0. The second kappa shape index (κ2) is 3.42. The standard InChI is InChI=1S/C13H8ClNO/c14-12-9-4-2-1-3-8(9)7-10-11(16)5-6-15-13(10)12/h1-4,6-7H,5H2. The molecule has 0 atom stereocenters. The van der Waals surface area contributed by atoms with E-state index in [2.05, 4.69) is 4.99 Å². The zero-order chi connectivity index (χ0) is 11.1. The molecule has 0 saturated heterocycles. The fourth-order valence-electron chi connectivity index (χ4n) is 1.96. The highest BCUT2D eigenvalue weighted by Gasteiger charge is 2.18. The van der Waals surface area contributed by atoms with Gasteiger partial charge in [-0.15, -0.1) is 0 Å². The second-order valence-electron chi connectivity index (χ2n) is 3.75. The molecular formula is C13H8ClNO. The van der Waals surface area contributed by atoms with E-state index < -0.39 is 0 Å². The number of halogens is 1. The number of carbonyl (C=O) groups is 1. The maximum atomic E-state index is 11.7. The van der Waals surface area contributed by atoms with Crippen LogP contribution in [0, 0.1) is 0 Å². The van der Waals surface area contributed by atoms with Gasteiger partial charge in [0.05, 0.1) is 10.7 Å². The lowest BCUT2D eigenvalue weighted by Crippen LogP contribution is -2.04. The third kappa shape index (κ3) is 1.27. The highest BCUT2D eigenvalue weighted by molar-refractivity contribution is 6.39. The summed E-state index contributed by atoms with van der Waals surface area (Å²) in [6.07, 6.45) is 1.98. The van der Waals surface area contributed by atoms with E-state index in [-0.39, 0.29) is 5.78 Å². The maximum Gasteiger partial charge on any atom is 0.170 e. The SMILES string of the molecule is O=C1CC=Nc2c1cc1ccccc1c2Cl. The first-order valence-electron chi connectivity index (χ1n) is 5.04. The Morgan fingerprint density at radius 3 is 2.94 bits per heavy atom. The van der Waals surface area contributed by atoms with Gasteiger partial charge in [-0.25, -0.2) is 0 Å². The molecule has 0 aromatic heterocycles. The Labute approximate surface area is 97.6 Å². The summed E-state index contributed by atoms with van der Waals surface area (Å²) in [7, 11) is 0. The smallest absolute Gasteiger partial charge is 0.170 e. The largest absolute Gasteiger partial charge is 0.294 e. The van der Waals surface area contributed by atoms with Gasteiger partial charge in [0, 0.05) is 23.6 Å². The van der Waals surface area contributed by atoms with E-state index >= 15 is 0 Å². The highest BCUT2D eigenvalue weighted by atomic mass is 35.5. The molecule has 0 bridgehead atoms. The summed E-state index contributed by atoms with van der Waals surface area (Å²) in [5.41, 5.74) is 1.24. The molecule has 0 amide bonds. The molecule has 2 aromatic rings. The molecule has 16 heavy (non-hydrogen) atoms. The fraction of sp³-hybridized carbons (Fsp3) is 0.0769. The molecule has 0 aliphatic carbocycles. The lowest BCUT2D eigenvalue weighted by Gasteiger charge is -2.12. The molecule has 1 aliphatic rings. The van der Waals surface area contributed by atoms with Gasteiger partial charge >= 0.3 is 0 Å². The van der Waals surface area contributed by atoms with Crippen LogP contribution in [0.25, 0.3) is 10.8 Å². The molecule has 0 spiro atoms. The van der Waals surface area contributed by atoms with E-state index in [1.54, 1.807) is 6.21 Å². The molecule has 0 N–H and O–H groups in total. The van der Waals surface area contributed by atoms with Gasteiger partial charge in [0.25, 0.3) is 0 Å². The van der Waals surface area contributed by atoms with Crippen molar-refractivity contribution in [2.75, 3.05) is 0 Å². The predicted molar refractivity (Wildman–Crippen MR) is 66.1 cm³/mol. The molecule has 0 fully saturated rings. The van der Waals surface area contributed by atoms with E-state index in [1.165, 1.54) is 0 Å². The van der Waals surface area contributed by atoms with E-state index in [0.29, 0.717) is 22.7 Å². The van der Waals surface area contributed by atoms with Crippen molar-refractivity contribution in [3.8, 4) is 0 Å². The second-order valence-corrected chi connectivity index (χ2v) is 4.12. The van der Waals surface area contributed by atoms with Crippen molar-refractivity contribution in [2.24, 2.45) is 4.99 Å². The normalized spacial score (nSPS) is 14.2. The summed E-state index contributed by atoms with van der Waals surface area (Å²) in [6, 6.07) is 9.62. The number of nitrogens with zero attached hydrogens (tertiary/aromatic N) is 1. The first-order chi connectivity index (χ1) is 7.77. The lowest BCUT2D eigenvalue weighted by atomic mass is 9.99. The summed E-state index contributed by atoms with van der Waals surface area (Å²) < 4.78 is 0. The van der Waals surface area contributed by atoms with Gasteiger partial charge in [0.1, 0.15) is 0 Å². The zero-order valence-corrected chi connectivity index (χ0v) is 9.16. The number of hydrogen-bond acceptors (Lipinski definition) is 2. The summed E-state index contributed by atoms with van der Waals surface area (Å²) >= 11 is 6.26. The van der Waals surface area contributed by atoms with Crippen LogP contribution in [-0.2, 0) is 0 Å². The van der Waals surface area contributed by atoms with Crippen LogP contribution in [0.1, 0.15) is 16.8 Å². The molecule has 78 valence electrons. The fourth-order valence-corrected chi connectivity index (χ4v) is 2.28. The van der Waals surface area contributed by atoms with Crippen LogP contribution in [0.4, 0.5) is 5.69 Å². The molecule has 1 aliphatic heterocycles. The Balaban J connectivity index is 2.46. The summed E-state index contributed by atoms with van der Waals surface area (Å²) in [5.74, 6) is 0.0812. The number of hydrogen-bond donors (Lipinski definition) is 0. The predicted octanol–water partition coefficient (Wildman–Crippen LogP) is 3.78. The van der Waals surface area contributed by atoms with Crippen molar-refractivity contribution in [1.82, 2.24) is 0 Å². The van der Waals surface area contributed by atoms with Gasteiger partial charge < -0.3 is 0 Å². The first-order valence-corrected chi connectivity index (χ1v) is 5.42. The van der Waals surface area contributed by atoms with Gasteiger partial charge in [0.2, 0.25) is 0 Å². The molecule has 2 nitrogen and oxygen atoms in total. The minimum absolute atomic E-state index is 0.0812. The average molecular weight is 230 g/mol. The minimum atomic E-state index is 0.0812. The third-order valence-electron chi connectivity index (χ3n) is 2.76. The van der Waals surface area contributed by atoms with E-state index in [1.807, 2.05) is 30.3 Å². The molecule has 0 radical (unpaired) electrons. The Kier molecular flexibility index (Phi) is 2.04. The number of Topliss-reactive ketones (excluding diaryl/α,β-unsaturated/α-hetero) is 1. The van der Waals surface area contributed by atoms with Crippen molar-refractivity contribution in [3.63, 3.8) is 0 Å². The van der Waals surface area contributed by atoms with Gasteiger partial charge in [-0.05, 0) is 11.5 Å². The van der Waals surface area contributed by atoms with Gasteiger partial charge in [-0.1, -0.05) is 35.9 Å². The summed E-state index contributed by atoms with van der Waals surface area (Å²) in [6.45, 7) is 0. The van der Waals surface area contributed by atoms with Gasteiger partial charge in [-0.3, -0.25) is 9.79 Å². The molecule has 0 unspecified atom stereocenters. The lowest BCUT2D eigenvalue weighted by molar-refractivity contribution is 0.100. The van der Waals surface area contributed by atoms with Crippen LogP contribution in [-0.4, -0.2) is 12.0 Å². The zero-order valence-electron chi connectivity index (χ0n) is 8.40. The van der Waals surface area contributed by atoms with Crippen molar-refractivity contribution in [1.29, 1.82) is 0 Å². The van der Waals surface area contributed by atoms with E-state index in [4.69, 9.17) is 11.6 Å². The molecule has 3 heteroatoms. The minimum Gasteiger partial charge on any atom is -0.294 e.